The van der Waals surface area contributed by atoms with Crippen molar-refractivity contribution in [3.05, 3.63) is 231 Å². The highest BCUT2D eigenvalue weighted by molar-refractivity contribution is 6.19. The molecule has 2 heterocycles. The first-order chi connectivity index (χ1) is 30.3. The molecule has 0 aliphatic heterocycles. The minimum atomic E-state index is 0.851. The number of hydrogen-bond donors (Lipinski definition) is 0. The van der Waals surface area contributed by atoms with Crippen LogP contribution in [0, 0.1) is 0 Å². The van der Waals surface area contributed by atoms with Gasteiger partial charge in [-0.3, -0.25) is 0 Å². The molecule has 0 fully saturated rings. The first-order valence-electron chi connectivity index (χ1n) is 20.9. The second kappa shape index (κ2) is 14.3. The van der Waals surface area contributed by atoms with Crippen LogP contribution < -0.4 is 4.90 Å². The summed E-state index contributed by atoms with van der Waals surface area (Å²) in [6, 6.07) is 82.8. The number of rotatable bonds is 7. The molecule has 0 aliphatic rings. The van der Waals surface area contributed by atoms with Gasteiger partial charge in [-0.2, -0.15) is 0 Å². The Morgan fingerprint density at radius 2 is 0.934 bits per heavy atom. The average molecular weight is 779 g/mol. The molecule has 0 N–H and O–H groups in total. The van der Waals surface area contributed by atoms with E-state index in [1.807, 2.05) is 6.07 Å². The van der Waals surface area contributed by atoms with Crippen LogP contribution in [0.25, 0.3) is 93.6 Å². The van der Waals surface area contributed by atoms with Gasteiger partial charge in [0.05, 0.1) is 22.4 Å². The van der Waals surface area contributed by atoms with Gasteiger partial charge in [-0.15, -0.1) is 0 Å². The molecule has 0 amide bonds. The Kier molecular flexibility index (Phi) is 8.17. The summed E-state index contributed by atoms with van der Waals surface area (Å²) in [4.78, 5) is 2.40. The van der Waals surface area contributed by atoms with Gasteiger partial charge < -0.3 is 13.9 Å². The number of benzene rings is 10. The molecule has 61 heavy (non-hydrogen) atoms. The van der Waals surface area contributed by atoms with Gasteiger partial charge in [0.25, 0.3) is 0 Å². The Morgan fingerprint density at radius 1 is 0.344 bits per heavy atom. The van der Waals surface area contributed by atoms with E-state index >= 15 is 0 Å². The molecule has 0 saturated carbocycles. The Balaban J connectivity index is 1.13. The van der Waals surface area contributed by atoms with Crippen molar-refractivity contribution in [3.8, 4) is 39.1 Å². The summed E-state index contributed by atoms with van der Waals surface area (Å²) in [6.45, 7) is 0. The molecule has 0 aliphatic carbocycles. The number of anilines is 3. The van der Waals surface area contributed by atoms with Crippen LogP contribution in [0.4, 0.5) is 17.1 Å². The predicted octanol–water partition coefficient (Wildman–Crippen LogP) is 16.3. The van der Waals surface area contributed by atoms with Crippen LogP contribution in [0.5, 0.6) is 0 Å². The first-order valence-corrected chi connectivity index (χ1v) is 20.9. The molecule has 0 bridgehead atoms. The van der Waals surface area contributed by atoms with E-state index < -0.39 is 0 Å². The smallest absolute Gasteiger partial charge is 0.159 e. The zero-order valence-corrected chi connectivity index (χ0v) is 33.2. The lowest BCUT2D eigenvalue weighted by molar-refractivity contribution is 0.669. The van der Waals surface area contributed by atoms with E-state index in [9.17, 15) is 0 Å². The van der Waals surface area contributed by atoms with Gasteiger partial charge in [-0.25, -0.2) is 0 Å². The summed E-state index contributed by atoms with van der Waals surface area (Å²) in [5.41, 5.74) is 15.4. The molecule has 0 unspecified atom stereocenters. The fraction of sp³-hybridized carbons (Fsp3) is 0. The molecular weight excluding hydrogens is 741 g/mol. The maximum absolute atomic E-state index is 6.80. The molecule has 0 radical (unpaired) electrons. The second-order valence-corrected chi connectivity index (χ2v) is 15.6. The Hall–Kier alpha value is -8.14. The number of hydrogen-bond acceptors (Lipinski definition) is 2. The second-order valence-electron chi connectivity index (χ2n) is 15.6. The Morgan fingerprint density at radius 3 is 1.72 bits per heavy atom. The van der Waals surface area contributed by atoms with Crippen LogP contribution >= 0.6 is 0 Å². The van der Waals surface area contributed by atoms with Crippen molar-refractivity contribution in [1.82, 2.24) is 4.57 Å². The van der Waals surface area contributed by atoms with Gasteiger partial charge in [0.15, 0.2) is 5.58 Å². The quantitative estimate of drug-likeness (QED) is 0.161. The summed E-state index contributed by atoms with van der Waals surface area (Å²) >= 11 is 0. The van der Waals surface area contributed by atoms with Crippen molar-refractivity contribution in [2.75, 3.05) is 4.90 Å². The zero-order chi connectivity index (χ0) is 40.3. The van der Waals surface area contributed by atoms with Crippen molar-refractivity contribution in [1.29, 1.82) is 0 Å². The third-order valence-corrected chi connectivity index (χ3v) is 12.2. The number of furan rings is 1. The molecule has 12 aromatic rings. The fourth-order valence-corrected chi connectivity index (χ4v) is 9.53. The van der Waals surface area contributed by atoms with E-state index in [4.69, 9.17) is 4.42 Å². The number of aromatic nitrogens is 1. The topological polar surface area (TPSA) is 21.3 Å². The van der Waals surface area contributed by atoms with Gasteiger partial charge in [0.1, 0.15) is 5.58 Å². The van der Waals surface area contributed by atoms with Crippen molar-refractivity contribution in [3.63, 3.8) is 0 Å². The third kappa shape index (κ3) is 5.66. The highest BCUT2D eigenvalue weighted by atomic mass is 16.3. The van der Waals surface area contributed by atoms with E-state index in [1.165, 1.54) is 49.4 Å². The molecule has 10 aromatic carbocycles. The summed E-state index contributed by atoms with van der Waals surface area (Å²) in [6.07, 6.45) is 0. The largest absolute Gasteiger partial charge is 0.454 e. The van der Waals surface area contributed by atoms with Gasteiger partial charge >= 0.3 is 0 Å². The van der Waals surface area contributed by atoms with Crippen molar-refractivity contribution >= 4 is 71.6 Å². The summed E-state index contributed by atoms with van der Waals surface area (Å²) in [7, 11) is 0. The lowest BCUT2D eigenvalue weighted by atomic mass is 9.92. The molecule has 3 heteroatoms. The third-order valence-electron chi connectivity index (χ3n) is 12.2. The van der Waals surface area contributed by atoms with Crippen LogP contribution in [-0.2, 0) is 0 Å². The summed E-state index contributed by atoms with van der Waals surface area (Å²) in [5.74, 6) is 0. The van der Waals surface area contributed by atoms with Gasteiger partial charge in [-0.1, -0.05) is 176 Å². The number of para-hydroxylation sites is 4. The van der Waals surface area contributed by atoms with Crippen molar-refractivity contribution < 1.29 is 4.42 Å². The van der Waals surface area contributed by atoms with E-state index in [0.29, 0.717) is 0 Å². The normalized spacial score (nSPS) is 11.6. The van der Waals surface area contributed by atoms with E-state index in [1.54, 1.807) is 0 Å². The molecule has 286 valence electrons. The average Bonchev–Trinajstić information content (AvgIpc) is 3.89. The minimum Gasteiger partial charge on any atom is -0.454 e. The molecule has 2 aromatic heterocycles. The highest BCUT2D eigenvalue weighted by Crippen LogP contribution is 2.49. The Labute approximate surface area is 353 Å². The zero-order valence-electron chi connectivity index (χ0n) is 33.2. The van der Waals surface area contributed by atoms with Crippen LogP contribution in [-0.4, -0.2) is 4.57 Å². The van der Waals surface area contributed by atoms with Gasteiger partial charge in [0.2, 0.25) is 0 Å². The first kappa shape index (κ1) is 34.9. The van der Waals surface area contributed by atoms with Crippen LogP contribution in [0.1, 0.15) is 0 Å². The van der Waals surface area contributed by atoms with Gasteiger partial charge in [-0.05, 0) is 93.4 Å². The molecular formula is C58H38N2O. The summed E-state index contributed by atoms with van der Waals surface area (Å²) < 4.78 is 9.20. The minimum absolute atomic E-state index is 0.851. The molecule has 12 rings (SSSR count). The van der Waals surface area contributed by atoms with E-state index in [-0.39, 0.29) is 0 Å². The van der Waals surface area contributed by atoms with Crippen LogP contribution in [0.2, 0.25) is 0 Å². The maximum atomic E-state index is 6.80. The van der Waals surface area contributed by atoms with E-state index in [0.717, 1.165) is 61.2 Å². The van der Waals surface area contributed by atoms with Crippen LogP contribution in [0.15, 0.2) is 235 Å². The summed E-state index contributed by atoms with van der Waals surface area (Å²) in [5, 5.41) is 6.99. The maximum Gasteiger partial charge on any atom is 0.159 e. The number of nitrogens with zero attached hydrogens (tertiary/aromatic N) is 2. The SMILES string of the molecule is c1ccc(-c2ccc(N(c3ccc(-c4cccc5c4c4ccccc4n5-c4ccccc4)c4ccccc34)c3cccc4c3oc3ccccc34)cc2-c2ccccc2)cc1. The van der Waals surface area contributed by atoms with Crippen LogP contribution in [0.3, 0.4) is 0 Å². The molecule has 0 saturated heterocycles. The molecule has 0 spiro atoms. The molecule has 0 atom stereocenters. The monoisotopic (exact) mass is 778 g/mol. The van der Waals surface area contributed by atoms with Crippen molar-refractivity contribution in [2.24, 2.45) is 0 Å². The predicted molar refractivity (Wildman–Crippen MR) is 257 cm³/mol. The van der Waals surface area contributed by atoms with E-state index in [2.05, 4.69) is 234 Å². The fourth-order valence-electron chi connectivity index (χ4n) is 9.53. The Bertz CT molecular complexity index is 3580. The standard InChI is InChI=1S/C58H38N2O/c1-4-18-39(19-5-1)43-35-34-42(38-51(43)40-20-6-2-7-21-40)60(55-32-17-29-49-47-26-13-15-33-56(47)61-58(49)55)53-37-36-45(44-24-10-11-25-46(44)53)48-28-16-31-54-57(48)50-27-12-14-30-52(50)59(54)41-22-8-3-9-23-41/h1-38H. The lowest BCUT2D eigenvalue weighted by Crippen LogP contribution is -2.11. The van der Waals surface area contributed by atoms with Gasteiger partial charge in [0, 0.05) is 38.3 Å². The highest BCUT2D eigenvalue weighted by Gasteiger charge is 2.24. The lowest BCUT2D eigenvalue weighted by Gasteiger charge is -2.28. The van der Waals surface area contributed by atoms with Crippen molar-refractivity contribution in [2.45, 2.75) is 0 Å². The molecule has 3 nitrogen and oxygen atoms in total. The number of fused-ring (bicyclic) bond motifs is 7.